The second kappa shape index (κ2) is 5.40. The van der Waals surface area contributed by atoms with Gasteiger partial charge in [-0.1, -0.05) is 31.9 Å². The number of hydrogen-bond acceptors (Lipinski definition) is 2. The number of para-hydroxylation sites is 1. The highest BCUT2D eigenvalue weighted by Crippen LogP contribution is 2.36. The quantitative estimate of drug-likeness (QED) is 0.889. The number of aliphatic hydroxyl groups is 1. The van der Waals surface area contributed by atoms with Crippen molar-refractivity contribution >= 4 is 21.6 Å². The fraction of sp³-hybridized carbons (Fsp3) is 0.571. The van der Waals surface area contributed by atoms with E-state index in [4.69, 9.17) is 0 Å². The van der Waals surface area contributed by atoms with Gasteiger partial charge in [0, 0.05) is 10.2 Å². The molecule has 0 heterocycles. The summed E-state index contributed by atoms with van der Waals surface area (Å²) in [5.74, 6) is 0.686. The second-order valence-electron chi connectivity index (χ2n) is 5.24. The monoisotopic (exact) mass is 297 g/mol. The summed E-state index contributed by atoms with van der Waals surface area (Å²) in [6, 6.07) is 8.11. The van der Waals surface area contributed by atoms with Gasteiger partial charge in [-0.25, -0.2) is 0 Å². The van der Waals surface area contributed by atoms with Crippen molar-refractivity contribution in [3.8, 4) is 0 Å². The van der Waals surface area contributed by atoms with E-state index in [0.717, 1.165) is 23.0 Å². The van der Waals surface area contributed by atoms with E-state index in [1.54, 1.807) is 0 Å². The van der Waals surface area contributed by atoms with E-state index in [0.29, 0.717) is 5.92 Å². The topological polar surface area (TPSA) is 32.3 Å². The Labute approximate surface area is 112 Å². The van der Waals surface area contributed by atoms with E-state index in [1.807, 2.05) is 18.2 Å². The van der Waals surface area contributed by atoms with Gasteiger partial charge in [-0.05, 0) is 46.8 Å². The van der Waals surface area contributed by atoms with Crippen LogP contribution in [0.4, 0.5) is 5.69 Å². The highest BCUT2D eigenvalue weighted by Gasteiger charge is 2.34. The molecule has 17 heavy (non-hydrogen) atoms. The molecule has 0 aliphatic heterocycles. The van der Waals surface area contributed by atoms with Crippen molar-refractivity contribution in [3.05, 3.63) is 28.7 Å². The summed E-state index contributed by atoms with van der Waals surface area (Å²) < 4.78 is 1.06. The first-order valence-corrected chi connectivity index (χ1v) is 7.08. The minimum Gasteiger partial charge on any atom is -0.394 e. The van der Waals surface area contributed by atoms with Crippen molar-refractivity contribution in [2.24, 2.45) is 5.92 Å². The van der Waals surface area contributed by atoms with E-state index < -0.39 is 0 Å². The zero-order chi connectivity index (χ0) is 12.3. The van der Waals surface area contributed by atoms with E-state index in [1.165, 1.54) is 12.8 Å². The van der Waals surface area contributed by atoms with Gasteiger partial charge in [-0.3, -0.25) is 0 Å². The number of rotatable bonds is 3. The Morgan fingerprint density at radius 2 is 2.24 bits per heavy atom. The summed E-state index contributed by atoms with van der Waals surface area (Å²) in [6.07, 6.45) is 4.57. The second-order valence-corrected chi connectivity index (χ2v) is 6.10. The van der Waals surface area contributed by atoms with Crippen molar-refractivity contribution < 1.29 is 5.11 Å². The molecule has 0 amide bonds. The van der Waals surface area contributed by atoms with Crippen LogP contribution in [0, 0.1) is 5.92 Å². The molecule has 2 N–H and O–H groups in total. The molecule has 0 saturated heterocycles. The van der Waals surface area contributed by atoms with Crippen LogP contribution in [-0.2, 0) is 0 Å². The van der Waals surface area contributed by atoms with Crippen LogP contribution in [0.15, 0.2) is 28.7 Å². The Bertz CT molecular complexity index is 382. The van der Waals surface area contributed by atoms with Crippen molar-refractivity contribution in [2.45, 2.75) is 38.1 Å². The molecule has 0 aromatic heterocycles. The van der Waals surface area contributed by atoms with Crippen molar-refractivity contribution in [1.29, 1.82) is 0 Å². The van der Waals surface area contributed by atoms with Gasteiger partial charge < -0.3 is 10.4 Å². The minimum absolute atomic E-state index is 0.137. The molecule has 2 rings (SSSR count). The zero-order valence-corrected chi connectivity index (χ0v) is 11.8. The fourth-order valence-corrected chi connectivity index (χ4v) is 3.19. The molecular formula is C14H20BrNO. The predicted octanol–water partition coefficient (Wildman–Crippen LogP) is 3.80. The Hall–Kier alpha value is -0.540. The summed E-state index contributed by atoms with van der Waals surface area (Å²) in [5.41, 5.74) is 0.942. The van der Waals surface area contributed by atoms with Crippen LogP contribution >= 0.6 is 15.9 Å². The number of anilines is 1. The van der Waals surface area contributed by atoms with E-state index >= 15 is 0 Å². The fourth-order valence-electron chi connectivity index (χ4n) is 2.80. The van der Waals surface area contributed by atoms with Gasteiger partial charge in [0.15, 0.2) is 0 Å². The number of hydrogen-bond donors (Lipinski definition) is 2. The predicted molar refractivity (Wildman–Crippen MR) is 75.2 cm³/mol. The van der Waals surface area contributed by atoms with Gasteiger partial charge >= 0.3 is 0 Å². The lowest BCUT2D eigenvalue weighted by Crippen LogP contribution is -2.45. The molecule has 2 unspecified atom stereocenters. The summed E-state index contributed by atoms with van der Waals surface area (Å²) in [7, 11) is 0. The van der Waals surface area contributed by atoms with E-state index in [2.05, 4.69) is 34.2 Å². The van der Waals surface area contributed by atoms with Crippen LogP contribution in [0.1, 0.15) is 32.6 Å². The first kappa shape index (κ1) is 12.9. The Morgan fingerprint density at radius 1 is 1.47 bits per heavy atom. The largest absolute Gasteiger partial charge is 0.394 e. The first-order valence-electron chi connectivity index (χ1n) is 6.29. The molecule has 1 fully saturated rings. The van der Waals surface area contributed by atoms with Gasteiger partial charge in [0.05, 0.1) is 12.1 Å². The summed E-state index contributed by atoms with van der Waals surface area (Å²) in [4.78, 5) is 0. The molecule has 1 aliphatic rings. The van der Waals surface area contributed by atoms with Crippen LogP contribution in [0.3, 0.4) is 0 Å². The molecular weight excluding hydrogens is 278 g/mol. The van der Waals surface area contributed by atoms with Gasteiger partial charge in [0.2, 0.25) is 0 Å². The van der Waals surface area contributed by atoms with Crippen LogP contribution in [0.2, 0.25) is 0 Å². The molecule has 1 saturated carbocycles. The Kier molecular flexibility index (Phi) is 4.10. The summed E-state index contributed by atoms with van der Waals surface area (Å²) in [6.45, 7) is 2.48. The number of halogens is 1. The third-order valence-corrected chi connectivity index (χ3v) is 4.36. The van der Waals surface area contributed by atoms with Gasteiger partial charge in [-0.2, -0.15) is 0 Å². The first-order chi connectivity index (χ1) is 8.15. The molecule has 1 aromatic carbocycles. The molecule has 2 atom stereocenters. The van der Waals surface area contributed by atoms with Crippen LogP contribution < -0.4 is 5.32 Å². The van der Waals surface area contributed by atoms with Crippen LogP contribution in [0.5, 0.6) is 0 Å². The normalized spacial score (nSPS) is 29.0. The lowest BCUT2D eigenvalue weighted by molar-refractivity contribution is 0.149. The third kappa shape index (κ3) is 3.02. The van der Waals surface area contributed by atoms with E-state index in [9.17, 15) is 5.11 Å². The Balaban J connectivity index is 2.17. The maximum Gasteiger partial charge on any atom is 0.0661 e. The van der Waals surface area contributed by atoms with Crippen LogP contribution in [-0.4, -0.2) is 17.3 Å². The number of nitrogens with one attached hydrogen (secondary N) is 1. The molecule has 94 valence electrons. The molecule has 1 aliphatic carbocycles. The van der Waals surface area contributed by atoms with Gasteiger partial charge in [0.1, 0.15) is 0 Å². The number of benzene rings is 1. The van der Waals surface area contributed by atoms with Gasteiger partial charge in [-0.15, -0.1) is 0 Å². The smallest absolute Gasteiger partial charge is 0.0661 e. The maximum atomic E-state index is 9.73. The highest BCUT2D eigenvalue weighted by atomic mass is 79.9. The lowest BCUT2D eigenvalue weighted by Gasteiger charge is -2.40. The average molecular weight is 298 g/mol. The van der Waals surface area contributed by atoms with Crippen molar-refractivity contribution in [3.63, 3.8) is 0 Å². The Morgan fingerprint density at radius 3 is 2.88 bits per heavy atom. The maximum absolute atomic E-state index is 9.73. The van der Waals surface area contributed by atoms with Crippen LogP contribution in [0.25, 0.3) is 0 Å². The van der Waals surface area contributed by atoms with Gasteiger partial charge in [0.25, 0.3) is 0 Å². The van der Waals surface area contributed by atoms with Crippen molar-refractivity contribution in [2.75, 3.05) is 11.9 Å². The van der Waals surface area contributed by atoms with Crippen molar-refractivity contribution in [1.82, 2.24) is 0 Å². The molecule has 0 radical (unpaired) electrons. The highest BCUT2D eigenvalue weighted by molar-refractivity contribution is 9.10. The molecule has 3 heteroatoms. The standard InChI is InChI=1S/C14H20BrNO/c1-11-5-4-8-14(9-11,10-17)16-13-7-3-2-6-12(13)15/h2-3,6-7,11,16-17H,4-5,8-10H2,1H3. The van der Waals surface area contributed by atoms with E-state index in [-0.39, 0.29) is 12.1 Å². The molecule has 2 nitrogen and oxygen atoms in total. The molecule has 0 spiro atoms. The molecule has 0 bridgehead atoms. The lowest BCUT2D eigenvalue weighted by atomic mass is 9.76. The average Bonchev–Trinajstić information content (AvgIpc) is 2.32. The minimum atomic E-state index is -0.137. The third-order valence-electron chi connectivity index (χ3n) is 3.67. The SMILES string of the molecule is CC1CCCC(CO)(Nc2ccccc2Br)C1. The molecule has 1 aromatic rings. The summed E-state index contributed by atoms with van der Waals surface area (Å²) in [5, 5.41) is 13.3. The zero-order valence-electron chi connectivity index (χ0n) is 10.2. The number of aliphatic hydroxyl groups excluding tert-OH is 1. The summed E-state index contributed by atoms with van der Waals surface area (Å²) >= 11 is 3.55.